The Labute approximate surface area is 206 Å². The minimum atomic E-state index is -1.48. The monoisotopic (exact) mass is 426 g/mol. The van der Waals surface area contributed by atoms with Crippen molar-refractivity contribution in [2.75, 3.05) is 13.2 Å². The molecule has 0 radical (unpaired) electrons. The molecule has 10 heteroatoms. The largest absolute Gasteiger partial charge is 1.00 e. The van der Waals surface area contributed by atoms with E-state index in [0.29, 0.717) is 25.7 Å². The van der Waals surface area contributed by atoms with Crippen molar-refractivity contribution < 1.29 is 96.0 Å². The molecule has 154 valence electrons. The number of rotatable bonds is 9. The number of aliphatic carboxylic acids is 1. The fraction of sp³-hybridized carbons (Fsp3) is 0.778. The van der Waals surface area contributed by atoms with Crippen LogP contribution in [-0.2, 0) is 19.1 Å². The Balaban J connectivity index is 0.00000392. The van der Waals surface area contributed by atoms with Gasteiger partial charge in [-0.05, 0) is 31.6 Å². The maximum Gasteiger partial charge on any atom is 1.00 e. The molecule has 2 aliphatic rings. The molecule has 1 heterocycles. The van der Waals surface area contributed by atoms with Crippen LogP contribution in [0, 0.1) is 11.8 Å². The number of hydrogen-bond acceptors (Lipinski definition) is 9. The summed E-state index contributed by atoms with van der Waals surface area (Å²) in [4.78, 5) is 22.6. The second-order valence-corrected chi connectivity index (χ2v) is 7.01. The Morgan fingerprint density at radius 2 is 1.93 bits per heavy atom. The van der Waals surface area contributed by atoms with Crippen LogP contribution >= 0.6 is 0 Å². The molecule has 9 nitrogen and oxygen atoms in total. The zero-order chi connectivity index (χ0) is 20.0. The zero-order valence-corrected chi connectivity index (χ0v) is 19.1. The summed E-state index contributed by atoms with van der Waals surface area (Å²) in [6.45, 7) is -0.368. The van der Waals surface area contributed by atoms with Gasteiger partial charge in [0.1, 0.15) is 30.2 Å². The molecule has 0 spiro atoms. The van der Waals surface area contributed by atoms with Crippen LogP contribution < -0.4 is 56.5 Å². The number of allylic oxidation sites excluding steroid dienone is 1. The van der Waals surface area contributed by atoms with E-state index in [2.05, 4.69) is 0 Å². The zero-order valence-electron chi connectivity index (χ0n) is 16.0. The number of Topliss-reactive ketones (excluding diaryl/α,β-unsaturated/α-hetero) is 1. The van der Waals surface area contributed by atoms with E-state index in [1.165, 1.54) is 0 Å². The van der Waals surface area contributed by atoms with Crippen LogP contribution in [0.4, 0.5) is 0 Å². The number of ether oxygens (including phenoxy) is 2. The van der Waals surface area contributed by atoms with E-state index < -0.39 is 43.3 Å². The molecular formula is C18H27KO9. The van der Waals surface area contributed by atoms with Gasteiger partial charge in [0, 0.05) is 18.3 Å². The van der Waals surface area contributed by atoms with Crippen molar-refractivity contribution in [3.63, 3.8) is 0 Å². The van der Waals surface area contributed by atoms with Crippen LogP contribution in [0.15, 0.2) is 12.2 Å². The number of carbonyl (C=O) groups excluding carboxylic acids is 2. The predicted octanol–water partition coefficient (Wildman–Crippen LogP) is -5.12. The minimum absolute atomic E-state index is 0. The topological polar surface area (TPSA) is 157 Å². The van der Waals surface area contributed by atoms with Crippen molar-refractivity contribution in [1.82, 2.24) is 0 Å². The minimum Gasteiger partial charge on any atom is -0.550 e. The van der Waals surface area contributed by atoms with Gasteiger partial charge in [0.05, 0.1) is 13.2 Å². The van der Waals surface area contributed by atoms with Crippen molar-refractivity contribution in [2.45, 2.75) is 62.8 Å². The summed E-state index contributed by atoms with van der Waals surface area (Å²) < 4.78 is 10.6. The first kappa shape index (κ1) is 26.3. The van der Waals surface area contributed by atoms with Crippen LogP contribution in [0.1, 0.15) is 32.1 Å². The van der Waals surface area contributed by atoms with E-state index in [0.717, 1.165) is 0 Å². The Bertz CT molecular complexity index is 539. The smallest absolute Gasteiger partial charge is 0.550 e. The Hall–Kier alpha value is 0.276. The van der Waals surface area contributed by atoms with Gasteiger partial charge >= 0.3 is 51.4 Å². The van der Waals surface area contributed by atoms with Crippen molar-refractivity contribution >= 4 is 11.8 Å². The van der Waals surface area contributed by atoms with E-state index in [9.17, 15) is 30.0 Å². The van der Waals surface area contributed by atoms with Crippen LogP contribution in [0.3, 0.4) is 0 Å². The average Bonchev–Trinajstić information content (AvgIpc) is 2.96. The van der Waals surface area contributed by atoms with Crippen LogP contribution in [0.25, 0.3) is 0 Å². The van der Waals surface area contributed by atoms with Crippen molar-refractivity contribution in [2.24, 2.45) is 11.8 Å². The number of carboxylic acids is 1. The molecule has 0 aromatic carbocycles. The fourth-order valence-corrected chi connectivity index (χ4v) is 3.58. The van der Waals surface area contributed by atoms with Crippen molar-refractivity contribution in [1.29, 1.82) is 0 Å². The number of hydrogen-bond donors (Lipinski definition) is 4. The standard InChI is InChI=1S/C18H28O9.K/c19-9-13-15(23)16(24)17(25)18(27-13)26-7-3-1-2-4-11-10(8-14(21)22)5-6-12(11)20;/h1-2,10-11,13,15-19,23-25H,3-9H2,(H,21,22);/q;+1/p-1/b2-1-;/t10-,11-,13-,15+,16-,17+,18+;/m1./s1. The van der Waals surface area contributed by atoms with Gasteiger partial charge in [0.2, 0.25) is 0 Å². The molecule has 28 heavy (non-hydrogen) atoms. The molecule has 1 aliphatic carbocycles. The summed E-state index contributed by atoms with van der Waals surface area (Å²) in [7, 11) is 0. The Morgan fingerprint density at radius 3 is 2.57 bits per heavy atom. The second-order valence-electron chi connectivity index (χ2n) is 7.01. The summed E-state index contributed by atoms with van der Waals surface area (Å²) in [5.41, 5.74) is 0. The van der Waals surface area contributed by atoms with Crippen molar-refractivity contribution in [3.8, 4) is 0 Å². The number of aliphatic hydroxyl groups excluding tert-OH is 4. The molecule has 0 amide bonds. The van der Waals surface area contributed by atoms with Gasteiger partial charge in [-0.15, -0.1) is 0 Å². The third kappa shape index (κ3) is 7.20. The van der Waals surface area contributed by atoms with Gasteiger partial charge < -0.3 is 39.8 Å². The number of aliphatic hydroxyl groups is 4. The predicted molar refractivity (Wildman–Crippen MR) is 88.9 cm³/mol. The summed E-state index contributed by atoms with van der Waals surface area (Å²) >= 11 is 0. The second kappa shape index (κ2) is 12.9. The quantitative estimate of drug-likeness (QED) is 0.161. The molecular weight excluding hydrogens is 399 g/mol. The van der Waals surface area contributed by atoms with Gasteiger partial charge in [-0.25, -0.2) is 0 Å². The molecule has 0 bridgehead atoms. The average molecular weight is 427 g/mol. The molecule has 0 aromatic heterocycles. The van der Waals surface area contributed by atoms with Crippen LogP contribution in [-0.4, -0.2) is 76.1 Å². The SMILES string of the molecule is O=C([O-])C[C@H]1CCC(=O)[C@@H]1C/C=C\CCO[C@H]1O[C@H](CO)[C@H](O)[C@@H](O)[C@@H]1O.[K+]. The molecule has 7 atom stereocenters. The fourth-order valence-electron chi connectivity index (χ4n) is 3.58. The summed E-state index contributed by atoms with van der Waals surface area (Å²) in [5, 5.41) is 49.1. The molecule has 0 unspecified atom stereocenters. The number of ketones is 1. The molecule has 1 aliphatic heterocycles. The third-order valence-electron chi connectivity index (χ3n) is 5.14. The molecule has 4 N–H and O–H groups in total. The molecule has 2 fully saturated rings. The molecule has 2 rings (SSSR count). The van der Waals surface area contributed by atoms with E-state index in [1.807, 2.05) is 0 Å². The summed E-state index contributed by atoms with van der Waals surface area (Å²) in [5.74, 6) is -1.55. The van der Waals surface area contributed by atoms with Gasteiger partial charge in [0.25, 0.3) is 0 Å². The first-order chi connectivity index (χ1) is 12.8. The Morgan fingerprint density at radius 1 is 1.21 bits per heavy atom. The van der Waals surface area contributed by atoms with E-state index in [-0.39, 0.29) is 82.0 Å². The van der Waals surface area contributed by atoms with E-state index in [4.69, 9.17) is 14.6 Å². The van der Waals surface area contributed by atoms with Gasteiger partial charge in [-0.3, -0.25) is 4.79 Å². The van der Waals surface area contributed by atoms with Gasteiger partial charge in [-0.2, -0.15) is 0 Å². The van der Waals surface area contributed by atoms with Gasteiger partial charge in [0.15, 0.2) is 6.29 Å². The van der Waals surface area contributed by atoms with Gasteiger partial charge in [-0.1, -0.05) is 12.2 Å². The first-order valence-corrected chi connectivity index (χ1v) is 9.14. The normalized spacial score (nSPS) is 35.9. The maximum absolute atomic E-state index is 11.9. The summed E-state index contributed by atoms with van der Waals surface area (Å²) in [6.07, 6.45) is -1.18. The van der Waals surface area contributed by atoms with E-state index >= 15 is 0 Å². The molecule has 1 saturated carbocycles. The maximum atomic E-state index is 11.9. The van der Waals surface area contributed by atoms with Crippen molar-refractivity contribution in [3.05, 3.63) is 12.2 Å². The van der Waals surface area contributed by atoms with Crippen LogP contribution in [0.5, 0.6) is 0 Å². The first-order valence-electron chi connectivity index (χ1n) is 9.14. The number of carboxylic acid groups (broad SMARTS) is 1. The van der Waals surface area contributed by atoms with Crippen LogP contribution in [0.2, 0.25) is 0 Å². The number of carbonyl (C=O) groups is 2. The third-order valence-corrected chi connectivity index (χ3v) is 5.14. The molecule has 1 saturated heterocycles. The Kier molecular flexibility index (Phi) is 12.1. The summed E-state index contributed by atoms with van der Waals surface area (Å²) in [6, 6.07) is 0. The van der Waals surface area contributed by atoms with E-state index in [1.54, 1.807) is 12.2 Å². The molecule has 0 aromatic rings.